The number of pyridine rings is 1. The van der Waals surface area contributed by atoms with Crippen LogP contribution in [-0.4, -0.2) is 41.7 Å². The minimum Gasteiger partial charge on any atom is -0.477 e. The highest BCUT2D eigenvalue weighted by atomic mass is 79.9. The van der Waals surface area contributed by atoms with Crippen LogP contribution in [0.2, 0.25) is 0 Å². The molecule has 3 aromatic rings. The van der Waals surface area contributed by atoms with Crippen LogP contribution in [0.4, 0.5) is 5.13 Å². The molecule has 8 heteroatoms. The molecular formula is C22H22BrN3O3S. The summed E-state index contributed by atoms with van der Waals surface area (Å²) >= 11 is 4.91. The second-order valence-corrected chi connectivity index (χ2v) is 8.61. The molecule has 1 aromatic carbocycles. The van der Waals surface area contributed by atoms with Crippen molar-refractivity contribution in [2.75, 3.05) is 24.7 Å². The van der Waals surface area contributed by atoms with E-state index in [0.29, 0.717) is 29.7 Å². The van der Waals surface area contributed by atoms with Crippen LogP contribution < -0.4 is 9.64 Å². The maximum Gasteiger partial charge on any atom is 0.265 e. The van der Waals surface area contributed by atoms with E-state index in [1.54, 1.807) is 23.2 Å². The number of hydrogen-bond acceptors (Lipinski definition) is 6. The summed E-state index contributed by atoms with van der Waals surface area (Å²) < 4.78 is 12.4. The first-order valence-corrected chi connectivity index (χ1v) is 11.6. The Bertz CT molecular complexity index is 1000. The Morgan fingerprint density at radius 2 is 2.17 bits per heavy atom. The number of carbonyl (C=O) groups is 1. The average molecular weight is 488 g/mol. The van der Waals surface area contributed by atoms with E-state index >= 15 is 0 Å². The molecule has 1 saturated heterocycles. The minimum absolute atomic E-state index is 0.00111. The van der Waals surface area contributed by atoms with Crippen LogP contribution >= 0.6 is 27.3 Å². The normalized spacial score (nSPS) is 15.9. The van der Waals surface area contributed by atoms with Crippen LogP contribution in [0, 0.1) is 0 Å². The molecule has 156 valence electrons. The molecule has 4 rings (SSSR count). The number of hydrogen-bond donors (Lipinski definition) is 0. The van der Waals surface area contributed by atoms with Gasteiger partial charge in [0.2, 0.25) is 5.88 Å². The quantitative estimate of drug-likeness (QED) is 0.458. The zero-order chi connectivity index (χ0) is 20.9. The van der Waals surface area contributed by atoms with Gasteiger partial charge in [0.15, 0.2) is 5.13 Å². The fourth-order valence-corrected chi connectivity index (χ4v) is 4.44. The van der Waals surface area contributed by atoms with Crippen LogP contribution in [0.25, 0.3) is 11.3 Å². The summed E-state index contributed by atoms with van der Waals surface area (Å²) in [5, 5.41) is 2.61. The van der Waals surface area contributed by atoms with Crippen molar-refractivity contribution in [2.45, 2.75) is 25.9 Å². The first-order valence-electron chi connectivity index (χ1n) is 9.88. The van der Waals surface area contributed by atoms with Crippen LogP contribution in [0.5, 0.6) is 5.88 Å². The fourth-order valence-electron chi connectivity index (χ4n) is 3.33. The first kappa shape index (κ1) is 21.0. The van der Waals surface area contributed by atoms with Gasteiger partial charge >= 0.3 is 0 Å². The van der Waals surface area contributed by atoms with Crippen molar-refractivity contribution >= 4 is 38.3 Å². The molecule has 1 fully saturated rings. The monoisotopic (exact) mass is 487 g/mol. The largest absolute Gasteiger partial charge is 0.477 e. The Morgan fingerprint density at radius 3 is 2.90 bits per heavy atom. The molecular weight excluding hydrogens is 466 g/mol. The summed E-state index contributed by atoms with van der Waals surface area (Å²) in [5.74, 6) is 0.158. The molecule has 1 atom stereocenters. The van der Waals surface area contributed by atoms with Gasteiger partial charge in [0.1, 0.15) is 5.56 Å². The Labute approximate surface area is 188 Å². The zero-order valence-electron chi connectivity index (χ0n) is 16.6. The summed E-state index contributed by atoms with van der Waals surface area (Å²) in [4.78, 5) is 24.2. The predicted molar refractivity (Wildman–Crippen MR) is 121 cm³/mol. The minimum atomic E-state index is -0.182. The predicted octanol–water partition coefficient (Wildman–Crippen LogP) is 5.19. The second kappa shape index (κ2) is 9.68. The van der Waals surface area contributed by atoms with E-state index in [1.807, 2.05) is 36.6 Å². The molecule has 6 nitrogen and oxygen atoms in total. The van der Waals surface area contributed by atoms with E-state index in [2.05, 4.69) is 20.9 Å². The van der Waals surface area contributed by atoms with Gasteiger partial charge in [-0.2, -0.15) is 0 Å². The summed E-state index contributed by atoms with van der Waals surface area (Å²) in [7, 11) is 0. The molecule has 0 N–H and O–H groups in total. The Balaban J connectivity index is 1.66. The highest BCUT2D eigenvalue weighted by molar-refractivity contribution is 9.10. The number of thiazole rings is 1. The molecule has 2 aromatic heterocycles. The SMILES string of the molecule is CCOc1ncccc1C(=O)N(CC1CCCO1)c1nc(-c2ccc(Br)cc2)cs1. The van der Waals surface area contributed by atoms with Gasteiger partial charge in [0, 0.05) is 28.2 Å². The zero-order valence-corrected chi connectivity index (χ0v) is 19.0. The fraction of sp³-hybridized carbons (Fsp3) is 0.318. The molecule has 0 saturated carbocycles. The van der Waals surface area contributed by atoms with Crippen molar-refractivity contribution in [3.63, 3.8) is 0 Å². The summed E-state index contributed by atoms with van der Waals surface area (Å²) in [6.45, 7) is 3.49. The van der Waals surface area contributed by atoms with Gasteiger partial charge in [-0.3, -0.25) is 9.69 Å². The summed E-state index contributed by atoms with van der Waals surface area (Å²) in [6.07, 6.45) is 3.56. The number of halogens is 1. The highest BCUT2D eigenvalue weighted by Gasteiger charge is 2.29. The van der Waals surface area contributed by atoms with Crippen molar-refractivity contribution in [2.24, 2.45) is 0 Å². The number of nitrogens with zero attached hydrogens (tertiary/aromatic N) is 3. The maximum absolute atomic E-state index is 13.5. The van der Waals surface area contributed by atoms with Gasteiger partial charge in [-0.15, -0.1) is 11.3 Å². The molecule has 0 aliphatic carbocycles. The Kier molecular flexibility index (Phi) is 6.76. The van der Waals surface area contributed by atoms with Crippen molar-refractivity contribution in [3.05, 3.63) is 58.0 Å². The van der Waals surface area contributed by atoms with Gasteiger partial charge < -0.3 is 9.47 Å². The number of rotatable bonds is 7. The van der Waals surface area contributed by atoms with Crippen LogP contribution in [-0.2, 0) is 4.74 Å². The van der Waals surface area contributed by atoms with Gasteiger partial charge in [0.25, 0.3) is 5.91 Å². The number of anilines is 1. The summed E-state index contributed by atoms with van der Waals surface area (Å²) in [6, 6.07) is 11.5. The van der Waals surface area contributed by atoms with Crippen molar-refractivity contribution in [1.29, 1.82) is 0 Å². The number of benzene rings is 1. The van der Waals surface area contributed by atoms with E-state index in [-0.39, 0.29) is 12.0 Å². The van der Waals surface area contributed by atoms with Gasteiger partial charge in [-0.05, 0) is 44.0 Å². The third kappa shape index (κ3) is 4.71. The number of carbonyl (C=O) groups excluding carboxylic acids is 1. The van der Waals surface area contributed by atoms with Crippen LogP contribution in [0.1, 0.15) is 30.1 Å². The first-order chi connectivity index (χ1) is 14.7. The molecule has 0 spiro atoms. The van der Waals surface area contributed by atoms with E-state index in [9.17, 15) is 4.79 Å². The van der Waals surface area contributed by atoms with Crippen molar-refractivity contribution in [1.82, 2.24) is 9.97 Å². The van der Waals surface area contributed by atoms with Gasteiger partial charge in [0.05, 0.1) is 24.9 Å². The maximum atomic E-state index is 13.5. The average Bonchev–Trinajstić information content (AvgIpc) is 3.45. The van der Waals surface area contributed by atoms with Crippen LogP contribution in [0.15, 0.2) is 52.4 Å². The van der Waals surface area contributed by atoms with E-state index in [4.69, 9.17) is 14.5 Å². The molecule has 0 bridgehead atoms. The molecule has 0 radical (unpaired) electrons. The second-order valence-electron chi connectivity index (χ2n) is 6.86. The third-order valence-electron chi connectivity index (χ3n) is 4.80. The van der Waals surface area contributed by atoms with E-state index in [1.165, 1.54) is 11.3 Å². The Morgan fingerprint density at radius 1 is 1.33 bits per heavy atom. The lowest BCUT2D eigenvalue weighted by atomic mass is 10.2. The summed E-state index contributed by atoms with van der Waals surface area (Å²) in [5.41, 5.74) is 2.27. The molecule has 3 heterocycles. The van der Waals surface area contributed by atoms with Gasteiger partial charge in [-0.25, -0.2) is 9.97 Å². The molecule has 1 aliphatic rings. The van der Waals surface area contributed by atoms with E-state index in [0.717, 1.165) is 35.2 Å². The molecule has 30 heavy (non-hydrogen) atoms. The number of ether oxygens (including phenoxy) is 2. The topological polar surface area (TPSA) is 64.5 Å². The number of aromatic nitrogens is 2. The lowest BCUT2D eigenvalue weighted by Crippen LogP contribution is -2.37. The number of amides is 1. The highest BCUT2D eigenvalue weighted by Crippen LogP contribution is 2.31. The van der Waals surface area contributed by atoms with Crippen LogP contribution in [0.3, 0.4) is 0 Å². The van der Waals surface area contributed by atoms with Gasteiger partial charge in [-0.1, -0.05) is 28.1 Å². The molecule has 1 amide bonds. The molecule has 1 unspecified atom stereocenters. The molecule has 1 aliphatic heterocycles. The van der Waals surface area contributed by atoms with Crippen molar-refractivity contribution in [3.8, 4) is 17.1 Å². The van der Waals surface area contributed by atoms with E-state index < -0.39 is 0 Å². The van der Waals surface area contributed by atoms with Crippen molar-refractivity contribution < 1.29 is 14.3 Å². The Hall–Kier alpha value is -2.29. The third-order valence-corrected chi connectivity index (χ3v) is 6.19. The lowest BCUT2D eigenvalue weighted by Gasteiger charge is -2.23. The lowest BCUT2D eigenvalue weighted by molar-refractivity contribution is 0.0913. The standard InChI is InChI=1S/C22H22BrN3O3S/c1-2-28-20-18(6-3-11-24-20)21(27)26(13-17-5-4-12-29-17)22-25-19(14-30-22)15-7-9-16(23)10-8-15/h3,6-11,14,17H,2,4-5,12-13H2,1H3. The smallest absolute Gasteiger partial charge is 0.265 e.